The zero-order valence-corrected chi connectivity index (χ0v) is 11.0. The lowest BCUT2D eigenvalue weighted by atomic mass is 9.90. The second kappa shape index (κ2) is 5.79. The van der Waals surface area contributed by atoms with Gasteiger partial charge in [-0.2, -0.15) is 0 Å². The van der Waals surface area contributed by atoms with Gasteiger partial charge in [0.25, 0.3) is 0 Å². The van der Waals surface area contributed by atoms with Crippen LogP contribution >= 0.6 is 0 Å². The first-order valence-electron chi connectivity index (χ1n) is 6.81. The largest absolute Gasteiger partial charge is 0.310 e. The lowest BCUT2D eigenvalue weighted by molar-refractivity contribution is 0.348. The molecule has 1 N–H and O–H groups in total. The van der Waals surface area contributed by atoms with Gasteiger partial charge in [-0.3, -0.25) is 0 Å². The van der Waals surface area contributed by atoms with Crippen LogP contribution in [0, 0.1) is 23.5 Å². The van der Waals surface area contributed by atoms with Gasteiger partial charge in [-0.25, -0.2) is 8.78 Å². The van der Waals surface area contributed by atoms with Gasteiger partial charge in [0.1, 0.15) is 0 Å². The number of nitrogens with one attached hydrogen (secondary N) is 1. The number of rotatable bonds is 6. The van der Waals surface area contributed by atoms with Crippen LogP contribution in [0.2, 0.25) is 0 Å². The first-order chi connectivity index (χ1) is 8.63. The van der Waals surface area contributed by atoms with E-state index in [9.17, 15) is 8.78 Å². The molecule has 0 bridgehead atoms. The fraction of sp³-hybridized carbons (Fsp3) is 0.600. The van der Waals surface area contributed by atoms with Gasteiger partial charge in [0, 0.05) is 6.04 Å². The van der Waals surface area contributed by atoms with Crippen molar-refractivity contribution in [2.24, 2.45) is 11.8 Å². The standard InChI is InChI=1S/C15H21F2N/c1-3-8-18-15(10(2)11-4-5-11)12-6-7-13(16)14(17)9-12/h6-7,9-11,15,18H,3-5,8H2,1-2H3. The number of benzene rings is 1. The molecule has 2 unspecified atom stereocenters. The van der Waals surface area contributed by atoms with Crippen LogP contribution in [-0.4, -0.2) is 6.54 Å². The van der Waals surface area contributed by atoms with E-state index in [0.29, 0.717) is 5.92 Å². The lowest BCUT2D eigenvalue weighted by Gasteiger charge is -2.26. The highest BCUT2D eigenvalue weighted by molar-refractivity contribution is 5.22. The van der Waals surface area contributed by atoms with E-state index in [1.807, 2.05) is 0 Å². The Morgan fingerprint density at radius 1 is 1.28 bits per heavy atom. The van der Waals surface area contributed by atoms with E-state index in [-0.39, 0.29) is 6.04 Å². The molecule has 0 amide bonds. The van der Waals surface area contributed by atoms with Crippen molar-refractivity contribution < 1.29 is 8.78 Å². The summed E-state index contributed by atoms with van der Waals surface area (Å²) in [6, 6.07) is 4.39. The molecule has 0 spiro atoms. The first-order valence-corrected chi connectivity index (χ1v) is 6.81. The van der Waals surface area contributed by atoms with E-state index in [1.54, 1.807) is 6.07 Å². The molecule has 1 saturated carbocycles. The molecule has 0 aliphatic heterocycles. The quantitative estimate of drug-likeness (QED) is 0.806. The summed E-state index contributed by atoms with van der Waals surface area (Å²) in [5.41, 5.74) is 0.863. The highest BCUT2D eigenvalue weighted by atomic mass is 19.2. The first kappa shape index (κ1) is 13.5. The van der Waals surface area contributed by atoms with E-state index in [1.165, 1.54) is 25.0 Å². The van der Waals surface area contributed by atoms with Crippen LogP contribution < -0.4 is 5.32 Å². The molecular weight excluding hydrogens is 232 g/mol. The van der Waals surface area contributed by atoms with Gasteiger partial charge >= 0.3 is 0 Å². The molecule has 0 radical (unpaired) electrons. The van der Waals surface area contributed by atoms with Crippen molar-refractivity contribution in [1.82, 2.24) is 5.32 Å². The summed E-state index contributed by atoms with van der Waals surface area (Å²) in [5, 5.41) is 3.46. The van der Waals surface area contributed by atoms with Gasteiger partial charge in [-0.1, -0.05) is 19.9 Å². The topological polar surface area (TPSA) is 12.0 Å². The second-order valence-corrected chi connectivity index (χ2v) is 5.30. The normalized spacial score (nSPS) is 18.7. The average Bonchev–Trinajstić information content (AvgIpc) is 3.18. The summed E-state index contributed by atoms with van der Waals surface area (Å²) in [6.07, 6.45) is 3.56. The van der Waals surface area contributed by atoms with Gasteiger partial charge in [-0.05, 0) is 55.3 Å². The molecule has 2 atom stereocenters. The molecule has 1 aliphatic rings. The molecule has 0 aromatic heterocycles. The number of hydrogen-bond donors (Lipinski definition) is 1. The second-order valence-electron chi connectivity index (χ2n) is 5.30. The molecule has 3 heteroatoms. The Morgan fingerprint density at radius 2 is 2.00 bits per heavy atom. The summed E-state index contributed by atoms with van der Waals surface area (Å²) in [4.78, 5) is 0. The summed E-state index contributed by atoms with van der Waals surface area (Å²) < 4.78 is 26.3. The van der Waals surface area contributed by atoms with Crippen LogP contribution in [-0.2, 0) is 0 Å². The predicted octanol–water partition coefficient (Wildman–Crippen LogP) is 4.05. The summed E-state index contributed by atoms with van der Waals surface area (Å²) in [5.74, 6) is -0.320. The lowest BCUT2D eigenvalue weighted by Crippen LogP contribution is -2.28. The van der Waals surface area contributed by atoms with Gasteiger partial charge in [0.05, 0.1) is 0 Å². The third-order valence-corrected chi connectivity index (χ3v) is 3.81. The number of halogens is 2. The molecule has 0 saturated heterocycles. The maximum Gasteiger partial charge on any atom is 0.159 e. The minimum atomic E-state index is -0.771. The highest BCUT2D eigenvalue weighted by Crippen LogP contribution is 2.42. The summed E-state index contributed by atoms with van der Waals surface area (Å²) in [7, 11) is 0. The van der Waals surface area contributed by atoms with Crippen LogP contribution in [0.25, 0.3) is 0 Å². The average molecular weight is 253 g/mol. The smallest absolute Gasteiger partial charge is 0.159 e. The van der Waals surface area contributed by atoms with Crippen molar-refractivity contribution in [2.75, 3.05) is 6.54 Å². The fourth-order valence-electron chi connectivity index (χ4n) is 2.51. The molecule has 1 fully saturated rings. The van der Waals surface area contributed by atoms with Crippen molar-refractivity contribution in [3.8, 4) is 0 Å². The Hall–Kier alpha value is -0.960. The Labute approximate surface area is 108 Å². The SMILES string of the molecule is CCCNC(c1ccc(F)c(F)c1)C(C)C1CC1. The Bertz CT molecular complexity index is 401. The van der Waals surface area contributed by atoms with E-state index >= 15 is 0 Å². The Balaban J connectivity index is 2.17. The third kappa shape index (κ3) is 3.08. The Kier molecular flexibility index (Phi) is 4.33. The van der Waals surface area contributed by atoms with Gasteiger partial charge in [0.15, 0.2) is 11.6 Å². The van der Waals surface area contributed by atoms with Gasteiger partial charge in [0.2, 0.25) is 0 Å². The zero-order valence-electron chi connectivity index (χ0n) is 11.0. The van der Waals surface area contributed by atoms with E-state index in [0.717, 1.165) is 24.4 Å². The van der Waals surface area contributed by atoms with Crippen molar-refractivity contribution in [3.05, 3.63) is 35.4 Å². The van der Waals surface area contributed by atoms with Crippen LogP contribution in [0.15, 0.2) is 18.2 Å². The minimum Gasteiger partial charge on any atom is -0.310 e. The molecule has 100 valence electrons. The number of hydrogen-bond acceptors (Lipinski definition) is 1. The van der Waals surface area contributed by atoms with Crippen LogP contribution in [0.1, 0.15) is 44.7 Å². The Morgan fingerprint density at radius 3 is 2.56 bits per heavy atom. The van der Waals surface area contributed by atoms with Crippen molar-refractivity contribution in [2.45, 2.75) is 39.2 Å². The van der Waals surface area contributed by atoms with Gasteiger partial charge in [-0.15, -0.1) is 0 Å². The minimum absolute atomic E-state index is 0.132. The van der Waals surface area contributed by atoms with Crippen molar-refractivity contribution >= 4 is 0 Å². The predicted molar refractivity (Wildman–Crippen MR) is 69.3 cm³/mol. The monoisotopic (exact) mass is 253 g/mol. The van der Waals surface area contributed by atoms with Crippen LogP contribution in [0.5, 0.6) is 0 Å². The van der Waals surface area contributed by atoms with Crippen molar-refractivity contribution in [1.29, 1.82) is 0 Å². The molecule has 18 heavy (non-hydrogen) atoms. The molecule has 2 rings (SSSR count). The molecule has 0 heterocycles. The van der Waals surface area contributed by atoms with E-state index in [2.05, 4.69) is 19.2 Å². The zero-order chi connectivity index (χ0) is 13.1. The van der Waals surface area contributed by atoms with E-state index in [4.69, 9.17) is 0 Å². The molecule has 1 aliphatic carbocycles. The maximum absolute atomic E-state index is 13.3. The summed E-state index contributed by atoms with van der Waals surface area (Å²) in [6.45, 7) is 5.21. The van der Waals surface area contributed by atoms with E-state index < -0.39 is 11.6 Å². The third-order valence-electron chi connectivity index (χ3n) is 3.81. The van der Waals surface area contributed by atoms with Crippen molar-refractivity contribution in [3.63, 3.8) is 0 Å². The fourth-order valence-corrected chi connectivity index (χ4v) is 2.51. The molecule has 1 aromatic rings. The molecular formula is C15H21F2N. The highest BCUT2D eigenvalue weighted by Gasteiger charge is 2.33. The van der Waals surface area contributed by atoms with Crippen LogP contribution in [0.3, 0.4) is 0 Å². The van der Waals surface area contributed by atoms with Gasteiger partial charge < -0.3 is 5.32 Å². The maximum atomic E-state index is 13.3. The molecule has 1 aromatic carbocycles. The molecule has 1 nitrogen and oxygen atoms in total. The summed E-state index contributed by atoms with van der Waals surface area (Å²) >= 11 is 0. The van der Waals surface area contributed by atoms with Crippen LogP contribution in [0.4, 0.5) is 8.78 Å².